The van der Waals surface area contributed by atoms with Crippen LogP contribution in [0.2, 0.25) is 0 Å². The van der Waals surface area contributed by atoms with Gasteiger partial charge in [-0.2, -0.15) is 11.8 Å². The lowest BCUT2D eigenvalue weighted by atomic mass is 10.1. The van der Waals surface area contributed by atoms with E-state index >= 15 is 0 Å². The highest BCUT2D eigenvalue weighted by Gasteiger charge is 2.18. The first kappa shape index (κ1) is 15.2. The minimum Gasteiger partial charge on any atom is -0.388 e. The van der Waals surface area contributed by atoms with Crippen LogP contribution in [0.5, 0.6) is 0 Å². The van der Waals surface area contributed by atoms with Crippen molar-refractivity contribution in [3.8, 4) is 0 Å². The van der Waals surface area contributed by atoms with Gasteiger partial charge in [0.25, 0.3) is 0 Å². The topological polar surface area (TPSA) is 35.5 Å². The van der Waals surface area contributed by atoms with Gasteiger partial charge in [0.15, 0.2) is 0 Å². The van der Waals surface area contributed by atoms with Gasteiger partial charge in [-0.15, -0.1) is 0 Å². The molecular formula is C11H26N2OS. The standard InChI is InChI=1S/C11H26N2OS/c1-5-13(6-2)8-7-12-9-11(3,14)10-15-4/h12,14H,5-10H2,1-4H3. The van der Waals surface area contributed by atoms with Gasteiger partial charge in [-0.1, -0.05) is 13.8 Å². The van der Waals surface area contributed by atoms with E-state index in [1.54, 1.807) is 11.8 Å². The molecule has 4 heteroatoms. The predicted molar refractivity (Wildman–Crippen MR) is 69.7 cm³/mol. The van der Waals surface area contributed by atoms with Crippen LogP contribution in [0.3, 0.4) is 0 Å². The van der Waals surface area contributed by atoms with Crippen LogP contribution >= 0.6 is 11.8 Å². The van der Waals surface area contributed by atoms with Crippen LogP contribution in [0.15, 0.2) is 0 Å². The molecule has 0 bridgehead atoms. The molecule has 0 saturated carbocycles. The van der Waals surface area contributed by atoms with Crippen LogP contribution in [0, 0.1) is 0 Å². The number of hydrogen-bond acceptors (Lipinski definition) is 4. The largest absolute Gasteiger partial charge is 0.388 e. The molecule has 0 heterocycles. The first-order valence-electron chi connectivity index (χ1n) is 5.70. The summed E-state index contributed by atoms with van der Waals surface area (Å²) in [4.78, 5) is 2.37. The number of aliphatic hydroxyl groups is 1. The van der Waals surface area contributed by atoms with Gasteiger partial charge in [0.05, 0.1) is 5.60 Å². The van der Waals surface area contributed by atoms with Gasteiger partial charge in [0, 0.05) is 25.4 Å². The Morgan fingerprint density at radius 2 is 1.93 bits per heavy atom. The molecule has 0 aliphatic carbocycles. The number of nitrogens with zero attached hydrogens (tertiary/aromatic N) is 1. The Morgan fingerprint density at radius 3 is 2.40 bits per heavy atom. The fourth-order valence-corrected chi connectivity index (χ4v) is 2.22. The SMILES string of the molecule is CCN(CC)CCNCC(C)(O)CSC. The zero-order valence-electron chi connectivity index (χ0n) is 10.5. The van der Waals surface area contributed by atoms with Gasteiger partial charge in [-0.05, 0) is 26.3 Å². The van der Waals surface area contributed by atoms with E-state index in [9.17, 15) is 5.11 Å². The quantitative estimate of drug-likeness (QED) is 0.584. The Labute approximate surface area is 98.6 Å². The van der Waals surface area contributed by atoms with E-state index in [0.717, 1.165) is 31.9 Å². The van der Waals surface area contributed by atoms with Crippen LogP contribution in [-0.2, 0) is 0 Å². The summed E-state index contributed by atoms with van der Waals surface area (Å²) in [5.74, 6) is 0.783. The first-order valence-corrected chi connectivity index (χ1v) is 7.09. The highest BCUT2D eigenvalue weighted by Crippen LogP contribution is 2.08. The molecule has 0 radical (unpaired) electrons. The number of nitrogens with one attached hydrogen (secondary N) is 1. The number of hydrogen-bond donors (Lipinski definition) is 2. The van der Waals surface area contributed by atoms with Gasteiger partial charge in [-0.25, -0.2) is 0 Å². The van der Waals surface area contributed by atoms with E-state index in [0.29, 0.717) is 6.54 Å². The Balaban J connectivity index is 3.52. The van der Waals surface area contributed by atoms with E-state index in [-0.39, 0.29) is 0 Å². The lowest BCUT2D eigenvalue weighted by molar-refractivity contribution is 0.0842. The predicted octanol–water partition coefficient (Wildman–Crippen LogP) is 1.03. The van der Waals surface area contributed by atoms with Gasteiger partial charge in [-0.3, -0.25) is 0 Å². The van der Waals surface area contributed by atoms with Gasteiger partial charge >= 0.3 is 0 Å². The van der Waals surface area contributed by atoms with Crippen LogP contribution < -0.4 is 5.32 Å². The normalized spacial score (nSPS) is 15.6. The molecule has 0 spiro atoms. The molecule has 1 unspecified atom stereocenters. The fraction of sp³-hybridized carbons (Fsp3) is 1.00. The molecule has 0 aliphatic heterocycles. The summed E-state index contributed by atoms with van der Waals surface area (Å²) in [6.45, 7) is 11.1. The van der Waals surface area contributed by atoms with Crippen molar-refractivity contribution in [2.75, 3.05) is 44.7 Å². The molecule has 2 N–H and O–H groups in total. The Bertz CT molecular complexity index is 150. The van der Waals surface area contributed by atoms with Crippen molar-refractivity contribution in [2.45, 2.75) is 26.4 Å². The smallest absolute Gasteiger partial charge is 0.0833 e. The summed E-state index contributed by atoms with van der Waals surface area (Å²) in [5.41, 5.74) is -0.581. The van der Waals surface area contributed by atoms with Crippen LogP contribution in [0.4, 0.5) is 0 Å². The summed E-state index contributed by atoms with van der Waals surface area (Å²) in [6, 6.07) is 0. The average Bonchev–Trinajstić information content (AvgIpc) is 2.18. The third kappa shape index (κ3) is 8.08. The van der Waals surface area contributed by atoms with E-state index in [1.165, 1.54) is 0 Å². The third-order valence-electron chi connectivity index (χ3n) is 2.46. The summed E-state index contributed by atoms with van der Waals surface area (Å²) in [6.07, 6.45) is 2.02. The summed E-state index contributed by atoms with van der Waals surface area (Å²) >= 11 is 1.68. The van der Waals surface area contributed by atoms with Crippen molar-refractivity contribution in [3.05, 3.63) is 0 Å². The van der Waals surface area contributed by atoms with Crippen LogP contribution in [0.1, 0.15) is 20.8 Å². The van der Waals surface area contributed by atoms with Crippen molar-refractivity contribution >= 4 is 11.8 Å². The van der Waals surface area contributed by atoms with Crippen molar-refractivity contribution in [1.29, 1.82) is 0 Å². The minimum atomic E-state index is -0.581. The Hall–Kier alpha value is 0.230. The molecule has 3 nitrogen and oxygen atoms in total. The van der Waals surface area contributed by atoms with Gasteiger partial charge in [0.2, 0.25) is 0 Å². The molecule has 0 aliphatic rings. The van der Waals surface area contributed by atoms with E-state index in [4.69, 9.17) is 0 Å². The molecule has 0 rings (SSSR count). The molecule has 0 saturated heterocycles. The van der Waals surface area contributed by atoms with E-state index in [2.05, 4.69) is 24.1 Å². The second-order valence-electron chi connectivity index (χ2n) is 4.13. The number of thioether (sulfide) groups is 1. The second kappa shape index (κ2) is 8.39. The van der Waals surface area contributed by atoms with Gasteiger partial charge in [0.1, 0.15) is 0 Å². The van der Waals surface area contributed by atoms with Crippen molar-refractivity contribution in [2.24, 2.45) is 0 Å². The highest BCUT2D eigenvalue weighted by atomic mass is 32.2. The fourth-order valence-electron chi connectivity index (χ4n) is 1.50. The van der Waals surface area contributed by atoms with Crippen LogP contribution in [-0.4, -0.2) is 60.3 Å². The highest BCUT2D eigenvalue weighted by molar-refractivity contribution is 7.98. The second-order valence-corrected chi connectivity index (χ2v) is 5.00. The van der Waals surface area contributed by atoms with E-state index in [1.807, 2.05) is 13.2 Å². The monoisotopic (exact) mass is 234 g/mol. The third-order valence-corrected chi connectivity index (χ3v) is 3.37. The van der Waals surface area contributed by atoms with E-state index < -0.39 is 5.60 Å². The Kier molecular flexibility index (Phi) is 8.52. The zero-order valence-corrected chi connectivity index (χ0v) is 11.4. The molecule has 92 valence electrons. The molecule has 1 atom stereocenters. The van der Waals surface area contributed by atoms with Crippen LogP contribution in [0.25, 0.3) is 0 Å². The maximum Gasteiger partial charge on any atom is 0.0833 e. The number of likely N-dealkylation sites (N-methyl/N-ethyl adjacent to an activating group) is 1. The Morgan fingerprint density at radius 1 is 1.33 bits per heavy atom. The van der Waals surface area contributed by atoms with Gasteiger partial charge < -0.3 is 15.3 Å². The molecule has 0 fully saturated rings. The summed E-state index contributed by atoms with van der Waals surface area (Å²) < 4.78 is 0. The molecular weight excluding hydrogens is 208 g/mol. The average molecular weight is 234 g/mol. The summed E-state index contributed by atoms with van der Waals surface area (Å²) in [7, 11) is 0. The summed E-state index contributed by atoms with van der Waals surface area (Å²) in [5, 5.41) is 13.2. The maximum absolute atomic E-state index is 9.90. The molecule has 15 heavy (non-hydrogen) atoms. The first-order chi connectivity index (χ1) is 7.05. The molecule has 0 aromatic heterocycles. The molecule has 0 aromatic carbocycles. The van der Waals surface area contributed by atoms with Crippen molar-refractivity contribution in [1.82, 2.24) is 10.2 Å². The zero-order chi connectivity index (χ0) is 11.7. The molecule has 0 aromatic rings. The number of rotatable bonds is 9. The van der Waals surface area contributed by atoms with Crippen molar-refractivity contribution in [3.63, 3.8) is 0 Å². The lowest BCUT2D eigenvalue weighted by Gasteiger charge is -2.24. The minimum absolute atomic E-state index is 0.581. The van der Waals surface area contributed by atoms with Crippen molar-refractivity contribution < 1.29 is 5.11 Å². The molecule has 0 amide bonds. The maximum atomic E-state index is 9.90. The lowest BCUT2D eigenvalue weighted by Crippen LogP contribution is -2.42.